The van der Waals surface area contributed by atoms with Crippen LogP contribution in [0.2, 0.25) is 0 Å². The first kappa shape index (κ1) is 14.1. The molecule has 0 saturated carbocycles. The van der Waals surface area contributed by atoms with Gasteiger partial charge in [-0.2, -0.15) is 0 Å². The van der Waals surface area contributed by atoms with Gasteiger partial charge in [0, 0.05) is 36.2 Å². The zero-order valence-corrected chi connectivity index (χ0v) is 12.4. The van der Waals surface area contributed by atoms with Gasteiger partial charge in [-0.25, -0.2) is 4.39 Å². The highest BCUT2D eigenvalue weighted by Crippen LogP contribution is 2.38. The van der Waals surface area contributed by atoms with Crippen LogP contribution in [0.4, 0.5) is 10.1 Å². The van der Waals surface area contributed by atoms with Crippen molar-refractivity contribution in [2.24, 2.45) is 0 Å². The Kier molecular flexibility index (Phi) is 3.42. The Morgan fingerprint density at radius 1 is 1.17 bits per heavy atom. The van der Waals surface area contributed by atoms with Crippen LogP contribution in [-0.2, 0) is 0 Å². The van der Waals surface area contributed by atoms with Gasteiger partial charge >= 0.3 is 0 Å². The molecule has 1 fully saturated rings. The van der Waals surface area contributed by atoms with Gasteiger partial charge in [0.05, 0.1) is 17.7 Å². The lowest BCUT2D eigenvalue weighted by Crippen LogP contribution is -2.24. The number of rotatable bonds is 2. The summed E-state index contributed by atoms with van der Waals surface area (Å²) in [5.74, 6) is -0.259. The van der Waals surface area contributed by atoms with E-state index in [1.807, 2.05) is 18.2 Å². The quantitative estimate of drug-likeness (QED) is 0.790. The molecule has 2 atom stereocenters. The zero-order chi connectivity index (χ0) is 15.8. The van der Waals surface area contributed by atoms with Crippen LogP contribution < -0.4 is 4.90 Å². The van der Waals surface area contributed by atoms with Crippen LogP contribution in [0.25, 0.3) is 10.9 Å². The lowest BCUT2D eigenvalue weighted by atomic mass is 10.0. The number of benzene rings is 1. The fourth-order valence-corrected chi connectivity index (χ4v) is 3.34. The number of nitrogens with zero attached hydrogens (tertiary/aromatic N) is 3. The molecule has 0 unspecified atom stereocenters. The number of hydrogen-bond acceptors (Lipinski definition) is 4. The van der Waals surface area contributed by atoms with Crippen molar-refractivity contribution < 1.29 is 9.50 Å². The molecule has 0 spiro atoms. The highest BCUT2D eigenvalue weighted by molar-refractivity contribution is 5.91. The van der Waals surface area contributed by atoms with Crippen LogP contribution >= 0.6 is 0 Å². The molecule has 116 valence electrons. The number of aliphatic hydroxyl groups is 1. The first-order chi connectivity index (χ1) is 11.2. The highest BCUT2D eigenvalue weighted by Gasteiger charge is 2.33. The molecule has 0 bridgehead atoms. The van der Waals surface area contributed by atoms with Crippen LogP contribution in [-0.4, -0.2) is 27.7 Å². The van der Waals surface area contributed by atoms with Crippen LogP contribution in [0.1, 0.15) is 18.0 Å². The van der Waals surface area contributed by atoms with E-state index in [0.717, 1.165) is 22.2 Å². The molecular weight excluding hydrogens is 293 g/mol. The molecule has 3 aromatic rings. The Labute approximate surface area is 133 Å². The van der Waals surface area contributed by atoms with Crippen molar-refractivity contribution >= 4 is 16.6 Å². The van der Waals surface area contributed by atoms with Gasteiger partial charge in [-0.3, -0.25) is 9.97 Å². The molecule has 4 rings (SSSR count). The molecule has 3 heterocycles. The predicted octanol–water partition coefficient (Wildman–Crippen LogP) is 3.08. The van der Waals surface area contributed by atoms with Gasteiger partial charge < -0.3 is 10.0 Å². The van der Waals surface area contributed by atoms with Crippen molar-refractivity contribution in [1.29, 1.82) is 0 Å². The third-order valence-electron chi connectivity index (χ3n) is 4.34. The number of hydrogen-bond donors (Lipinski definition) is 1. The summed E-state index contributed by atoms with van der Waals surface area (Å²) in [7, 11) is 0. The average Bonchev–Trinajstić information content (AvgIpc) is 2.96. The largest absolute Gasteiger partial charge is 0.391 e. The summed E-state index contributed by atoms with van der Waals surface area (Å²) in [5.41, 5.74) is 2.70. The summed E-state index contributed by atoms with van der Waals surface area (Å²) >= 11 is 0. The second-order valence-electron chi connectivity index (χ2n) is 5.84. The first-order valence-electron chi connectivity index (χ1n) is 7.61. The molecule has 1 aromatic carbocycles. The van der Waals surface area contributed by atoms with Crippen LogP contribution in [0, 0.1) is 5.82 Å². The summed E-state index contributed by atoms with van der Waals surface area (Å²) in [6.45, 7) is 0.509. The second kappa shape index (κ2) is 5.59. The van der Waals surface area contributed by atoms with E-state index in [9.17, 15) is 9.50 Å². The Balaban J connectivity index is 1.82. The predicted molar refractivity (Wildman–Crippen MR) is 86.6 cm³/mol. The van der Waals surface area contributed by atoms with Gasteiger partial charge in [0.1, 0.15) is 5.82 Å². The lowest BCUT2D eigenvalue weighted by Gasteiger charge is -2.27. The lowest BCUT2D eigenvalue weighted by molar-refractivity contribution is 0.194. The van der Waals surface area contributed by atoms with Crippen molar-refractivity contribution in [3.05, 3.63) is 66.4 Å². The summed E-state index contributed by atoms with van der Waals surface area (Å²) in [6.07, 6.45) is 5.38. The monoisotopic (exact) mass is 309 g/mol. The summed E-state index contributed by atoms with van der Waals surface area (Å²) < 4.78 is 13.6. The molecule has 1 saturated heterocycles. The summed E-state index contributed by atoms with van der Waals surface area (Å²) in [4.78, 5) is 10.7. The molecule has 23 heavy (non-hydrogen) atoms. The van der Waals surface area contributed by atoms with E-state index in [1.165, 1.54) is 12.1 Å². The smallest absolute Gasteiger partial charge is 0.123 e. The Bertz CT molecular complexity index is 849. The number of pyridine rings is 2. The van der Waals surface area contributed by atoms with Crippen LogP contribution in [0.5, 0.6) is 0 Å². The minimum Gasteiger partial charge on any atom is -0.391 e. The third kappa shape index (κ3) is 2.53. The van der Waals surface area contributed by atoms with Crippen molar-refractivity contribution in [2.45, 2.75) is 18.6 Å². The number of aliphatic hydroxyl groups excluding tert-OH is 1. The fraction of sp³-hybridized carbons (Fsp3) is 0.222. The van der Waals surface area contributed by atoms with Gasteiger partial charge in [0.2, 0.25) is 0 Å². The minimum absolute atomic E-state index is 0.0634. The Morgan fingerprint density at radius 2 is 2.09 bits per heavy atom. The third-order valence-corrected chi connectivity index (χ3v) is 4.34. The summed E-state index contributed by atoms with van der Waals surface area (Å²) in [6, 6.07) is 10.3. The number of anilines is 1. The fourth-order valence-electron chi connectivity index (χ4n) is 3.34. The molecule has 2 aromatic heterocycles. The maximum Gasteiger partial charge on any atom is 0.123 e. The van der Waals surface area contributed by atoms with E-state index in [4.69, 9.17) is 0 Å². The van der Waals surface area contributed by atoms with Crippen molar-refractivity contribution in [1.82, 2.24) is 9.97 Å². The van der Waals surface area contributed by atoms with Crippen molar-refractivity contribution in [2.75, 3.05) is 11.4 Å². The number of aromatic nitrogens is 2. The minimum atomic E-state index is -0.442. The molecule has 0 amide bonds. The maximum atomic E-state index is 13.6. The standard InChI is InChI=1S/C18H16FN3O/c19-13-3-1-2-12(8-13)18-9-14(23)11-22(18)17-5-7-21-16-4-6-20-10-15(16)17/h1-8,10,14,18,23H,9,11H2/t14-,18+/m1/s1. The number of halogens is 1. The second-order valence-corrected chi connectivity index (χ2v) is 5.84. The van der Waals surface area contributed by atoms with E-state index >= 15 is 0 Å². The topological polar surface area (TPSA) is 49.2 Å². The van der Waals surface area contributed by atoms with Gasteiger partial charge in [0.25, 0.3) is 0 Å². The SMILES string of the molecule is O[C@@H]1C[C@@H](c2cccc(F)c2)N(c2ccnc3ccncc23)C1. The normalized spacial score (nSPS) is 21.0. The Morgan fingerprint density at radius 3 is 2.96 bits per heavy atom. The van der Waals surface area contributed by atoms with Gasteiger partial charge in [0.15, 0.2) is 0 Å². The molecular formula is C18H16FN3O. The zero-order valence-electron chi connectivity index (χ0n) is 12.4. The molecule has 4 nitrogen and oxygen atoms in total. The molecule has 1 aliphatic heterocycles. The molecule has 1 aliphatic rings. The highest BCUT2D eigenvalue weighted by atomic mass is 19.1. The van der Waals surface area contributed by atoms with E-state index in [2.05, 4.69) is 14.9 Å². The van der Waals surface area contributed by atoms with E-state index < -0.39 is 6.10 Å². The first-order valence-corrected chi connectivity index (χ1v) is 7.61. The Hall–Kier alpha value is -2.53. The van der Waals surface area contributed by atoms with E-state index in [1.54, 1.807) is 24.7 Å². The van der Waals surface area contributed by atoms with E-state index in [0.29, 0.717) is 13.0 Å². The molecule has 5 heteroatoms. The van der Waals surface area contributed by atoms with Crippen LogP contribution in [0.15, 0.2) is 55.0 Å². The van der Waals surface area contributed by atoms with Gasteiger partial charge in [-0.1, -0.05) is 12.1 Å². The van der Waals surface area contributed by atoms with Crippen LogP contribution in [0.3, 0.4) is 0 Å². The average molecular weight is 309 g/mol. The number of fused-ring (bicyclic) bond motifs is 1. The molecule has 0 aliphatic carbocycles. The van der Waals surface area contributed by atoms with E-state index in [-0.39, 0.29) is 11.9 Å². The van der Waals surface area contributed by atoms with Gasteiger partial charge in [-0.05, 0) is 36.2 Å². The summed E-state index contributed by atoms with van der Waals surface area (Å²) in [5, 5.41) is 11.1. The number of β-amino-alcohol motifs (C(OH)–C–C–N with tert-alkyl or cyclic N) is 1. The molecule has 0 radical (unpaired) electrons. The van der Waals surface area contributed by atoms with Crippen molar-refractivity contribution in [3.8, 4) is 0 Å². The molecule has 1 N–H and O–H groups in total. The van der Waals surface area contributed by atoms with Gasteiger partial charge in [-0.15, -0.1) is 0 Å². The van der Waals surface area contributed by atoms with Crippen molar-refractivity contribution in [3.63, 3.8) is 0 Å². The maximum absolute atomic E-state index is 13.6.